The predicted octanol–water partition coefficient (Wildman–Crippen LogP) is 2.13. The van der Waals surface area contributed by atoms with Gasteiger partial charge in [-0.2, -0.15) is 0 Å². The van der Waals surface area contributed by atoms with Crippen molar-refractivity contribution >= 4 is 12.1 Å². The van der Waals surface area contributed by atoms with Crippen LogP contribution in [0, 0.1) is 11.6 Å². The van der Waals surface area contributed by atoms with E-state index in [0.717, 1.165) is 25.0 Å². The van der Waals surface area contributed by atoms with Crippen molar-refractivity contribution in [1.29, 1.82) is 0 Å². The predicted molar refractivity (Wildman–Crippen MR) is 98.0 cm³/mol. The zero-order valence-electron chi connectivity index (χ0n) is 15.6. The second-order valence-electron chi connectivity index (χ2n) is 6.06. The van der Waals surface area contributed by atoms with Gasteiger partial charge in [0.05, 0.1) is 13.7 Å². The summed E-state index contributed by atoms with van der Waals surface area (Å²) < 4.78 is 36.2. The molecular formula is C18H26F2N4O3. The normalized spacial score (nSPS) is 15.4. The van der Waals surface area contributed by atoms with Crippen molar-refractivity contribution in [3.63, 3.8) is 0 Å². The molecule has 1 aromatic carbocycles. The van der Waals surface area contributed by atoms with Crippen LogP contribution in [0.15, 0.2) is 23.2 Å². The number of likely N-dealkylation sites (tertiary alicyclic amines) is 1. The van der Waals surface area contributed by atoms with E-state index in [1.54, 1.807) is 4.90 Å². The number of guanidine groups is 1. The summed E-state index contributed by atoms with van der Waals surface area (Å²) in [6.45, 7) is 4.52. The number of hydrogen-bond donors (Lipinski definition) is 2. The maximum atomic E-state index is 13.1. The monoisotopic (exact) mass is 384 g/mol. The number of carbonyl (C=O) groups excluding carboxylic acids is 1. The van der Waals surface area contributed by atoms with Crippen molar-refractivity contribution in [3.05, 3.63) is 29.8 Å². The summed E-state index contributed by atoms with van der Waals surface area (Å²) in [5, 5.41) is 6.50. The van der Waals surface area contributed by atoms with Gasteiger partial charge in [-0.25, -0.2) is 18.6 Å². The highest BCUT2D eigenvalue weighted by Crippen LogP contribution is 2.15. The standard InChI is InChI=1S/C18H26F2N4O3/c1-3-21-17(23-13-6-9-24(10-7-13)18(25)26-2)22-8-11-27-14-4-5-15(19)16(20)12-14/h4-5,12-13H,3,6-11H2,1-2H3,(H2,21,22,23). The lowest BCUT2D eigenvalue weighted by molar-refractivity contribution is 0.111. The van der Waals surface area contributed by atoms with Gasteiger partial charge in [0.2, 0.25) is 0 Å². The molecule has 2 N–H and O–H groups in total. The Kier molecular flexibility index (Phi) is 8.09. The first-order valence-electron chi connectivity index (χ1n) is 8.99. The molecule has 150 valence electrons. The molecule has 0 aliphatic carbocycles. The number of rotatable bonds is 6. The minimum atomic E-state index is -0.940. The summed E-state index contributed by atoms with van der Waals surface area (Å²) in [4.78, 5) is 17.6. The molecule has 1 fully saturated rings. The Morgan fingerprint density at radius 3 is 2.67 bits per heavy atom. The molecule has 0 bridgehead atoms. The van der Waals surface area contributed by atoms with E-state index in [0.29, 0.717) is 32.1 Å². The van der Waals surface area contributed by atoms with Crippen molar-refractivity contribution in [3.8, 4) is 5.75 Å². The van der Waals surface area contributed by atoms with Gasteiger partial charge in [-0.15, -0.1) is 0 Å². The highest BCUT2D eigenvalue weighted by molar-refractivity contribution is 5.80. The topological polar surface area (TPSA) is 75.2 Å². The molecule has 1 aromatic rings. The highest BCUT2D eigenvalue weighted by atomic mass is 19.2. The maximum Gasteiger partial charge on any atom is 0.409 e. The lowest BCUT2D eigenvalue weighted by atomic mass is 10.1. The van der Waals surface area contributed by atoms with Crippen molar-refractivity contribution in [1.82, 2.24) is 15.5 Å². The summed E-state index contributed by atoms with van der Waals surface area (Å²) in [6, 6.07) is 3.62. The number of hydrogen-bond acceptors (Lipinski definition) is 4. The Bertz CT molecular complexity index is 649. The summed E-state index contributed by atoms with van der Waals surface area (Å²) in [7, 11) is 1.38. The van der Waals surface area contributed by atoms with Gasteiger partial charge < -0.3 is 25.0 Å². The Balaban J connectivity index is 1.78. The van der Waals surface area contributed by atoms with Crippen LogP contribution in [0.5, 0.6) is 5.75 Å². The van der Waals surface area contributed by atoms with E-state index in [4.69, 9.17) is 9.47 Å². The first-order valence-corrected chi connectivity index (χ1v) is 8.99. The van der Waals surface area contributed by atoms with Crippen LogP contribution in [0.3, 0.4) is 0 Å². The molecule has 0 saturated carbocycles. The van der Waals surface area contributed by atoms with Crippen molar-refractivity contribution in [2.45, 2.75) is 25.8 Å². The highest BCUT2D eigenvalue weighted by Gasteiger charge is 2.23. The second kappa shape index (κ2) is 10.5. The van der Waals surface area contributed by atoms with Gasteiger partial charge in [-0.1, -0.05) is 0 Å². The number of ether oxygens (including phenoxy) is 2. The zero-order chi connectivity index (χ0) is 19.6. The summed E-state index contributed by atoms with van der Waals surface area (Å²) in [5.74, 6) is -0.929. The van der Waals surface area contributed by atoms with E-state index in [1.807, 2.05) is 6.92 Å². The molecule has 1 aliphatic rings. The number of halogens is 2. The molecule has 0 unspecified atom stereocenters. The number of nitrogens with one attached hydrogen (secondary N) is 2. The number of amides is 1. The molecule has 27 heavy (non-hydrogen) atoms. The smallest absolute Gasteiger partial charge is 0.409 e. The first-order chi connectivity index (χ1) is 13.0. The number of aliphatic imine (C=N–C) groups is 1. The molecule has 2 rings (SSSR count). The van der Waals surface area contributed by atoms with Gasteiger partial charge in [-0.05, 0) is 31.9 Å². The molecule has 1 aliphatic heterocycles. The first kappa shape index (κ1) is 20.7. The van der Waals surface area contributed by atoms with Crippen LogP contribution < -0.4 is 15.4 Å². The van der Waals surface area contributed by atoms with Crippen molar-refractivity contribution in [2.24, 2.45) is 4.99 Å². The van der Waals surface area contributed by atoms with Gasteiger partial charge in [0, 0.05) is 31.7 Å². The number of benzene rings is 1. The van der Waals surface area contributed by atoms with Crippen LogP contribution in [0.2, 0.25) is 0 Å². The summed E-state index contributed by atoms with van der Waals surface area (Å²) in [6.07, 6.45) is 1.29. The quantitative estimate of drug-likeness (QED) is 0.447. The summed E-state index contributed by atoms with van der Waals surface area (Å²) >= 11 is 0. The summed E-state index contributed by atoms with van der Waals surface area (Å²) in [5.41, 5.74) is 0. The van der Waals surface area contributed by atoms with Gasteiger partial charge in [0.1, 0.15) is 12.4 Å². The Hall–Kier alpha value is -2.58. The molecule has 1 heterocycles. The van der Waals surface area contributed by atoms with Crippen LogP contribution in [0.4, 0.5) is 13.6 Å². The fraction of sp³-hybridized carbons (Fsp3) is 0.556. The van der Waals surface area contributed by atoms with E-state index in [2.05, 4.69) is 15.6 Å². The Morgan fingerprint density at radius 1 is 1.30 bits per heavy atom. The molecular weight excluding hydrogens is 358 g/mol. The molecule has 0 spiro atoms. The van der Waals surface area contributed by atoms with Gasteiger partial charge in [0.25, 0.3) is 0 Å². The minimum absolute atomic E-state index is 0.204. The SMILES string of the molecule is CCNC(=NCCOc1ccc(F)c(F)c1)NC1CCN(C(=O)OC)CC1. The zero-order valence-corrected chi connectivity index (χ0v) is 15.6. The Labute approximate surface area is 157 Å². The van der Waals surface area contributed by atoms with E-state index < -0.39 is 11.6 Å². The van der Waals surface area contributed by atoms with Gasteiger partial charge >= 0.3 is 6.09 Å². The third kappa shape index (κ3) is 6.58. The third-order valence-corrected chi connectivity index (χ3v) is 4.13. The van der Waals surface area contributed by atoms with Crippen molar-refractivity contribution < 1.29 is 23.0 Å². The van der Waals surface area contributed by atoms with Crippen LogP contribution in [0.25, 0.3) is 0 Å². The number of piperidine rings is 1. The number of methoxy groups -OCH3 is 1. The third-order valence-electron chi connectivity index (χ3n) is 4.13. The van der Waals surface area contributed by atoms with Crippen LogP contribution >= 0.6 is 0 Å². The maximum absolute atomic E-state index is 13.1. The second-order valence-corrected chi connectivity index (χ2v) is 6.06. The molecule has 0 aromatic heterocycles. The lowest BCUT2D eigenvalue weighted by Gasteiger charge is -2.32. The fourth-order valence-electron chi connectivity index (χ4n) is 2.74. The fourth-order valence-corrected chi connectivity index (χ4v) is 2.74. The molecule has 1 saturated heterocycles. The van der Waals surface area contributed by atoms with E-state index in [1.165, 1.54) is 13.2 Å². The largest absolute Gasteiger partial charge is 0.492 e. The van der Waals surface area contributed by atoms with E-state index >= 15 is 0 Å². The van der Waals surface area contributed by atoms with E-state index in [-0.39, 0.29) is 24.5 Å². The van der Waals surface area contributed by atoms with Crippen molar-refractivity contribution in [2.75, 3.05) is 39.9 Å². The lowest BCUT2D eigenvalue weighted by Crippen LogP contribution is -2.49. The average Bonchev–Trinajstić information content (AvgIpc) is 2.68. The van der Waals surface area contributed by atoms with Crippen LogP contribution in [0.1, 0.15) is 19.8 Å². The molecule has 7 nitrogen and oxygen atoms in total. The molecule has 9 heteroatoms. The molecule has 1 amide bonds. The van der Waals surface area contributed by atoms with Crippen LogP contribution in [-0.2, 0) is 4.74 Å². The van der Waals surface area contributed by atoms with Gasteiger partial charge in [0.15, 0.2) is 17.6 Å². The average molecular weight is 384 g/mol. The van der Waals surface area contributed by atoms with Gasteiger partial charge in [-0.3, -0.25) is 0 Å². The molecule has 0 radical (unpaired) electrons. The minimum Gasteiger partial charge on any atom is -0.492 e. The number of carbonyl (C=O) groups is 1. The number of nitrogens with zero attached hydrogens (tertiary/aromatic N) is 2. The molecule has 0 atom stereocenters. The Morgan fingerprint density at radius 2 is 2.04 bits per heavy atom. The van der Waals surface area contributed by atoms with Crippen LogP contribution in [-0.4, -0.2) is 62.9 Å². The van der Waals surface area contributed by atoms with E-state index in [9.17, 15) is 13.6 Å².